The second-order valence-electron chi connectivity index (χ2n) is 4.86. The van der Waals surface area contributed by atoms with Crippen molar-refractivity contribution in [1.82, 2.24) is 5.43 Å². The highest BCUT2D eigenvalue weighted by molar-refractivity contribution is 6.30. The number of amides is 2. The van der Waals surface area contributed by atoms with Crippen LogP contribution < -0.4 is 20.6 Å². The largest absolute Gasteiger partial charge is 0.484 e. The second-order valence-corrected chi connectivity index (χ2v) is 5.30. The number of nitrogens with zero attached hydrogens (tertiary/aromatic N) is 1. The van der Waals surface area contributed by atoms with Gasteiger partial charge in [0.2, 0.25) is 0 Å². The number of rotatable bonds is 8. The normalized spacial score (nSPS) is 10.4. The molecule has 2 aromatic carbocycles. The van der Waals surface area contributed by atoms with E-state index in [0.29, 0.717) is 16.5 Å². The van der Waals surface area contributed by atoms with E-state index in [-0.39, 0.29) is 13.2 Å². The van der Waals surface area contributed by atoms with Gasteiger partial charge in [-0.2, -0.15) is 5.10 Å². The fourth-order valence-corrected chi connectivity index (χ4v) is 1.82. The van der Waals surface area contributed by atoms with E-state index in [2.05, 4.69) is 10.5 Å². The van der Waals surface area contributed by atoms with E-state index in [0.717, 1.165) is 5.56 Å². The molecule has 0 spiro atoms. The first-order valence-electron chi connectivity index (χ1n) is 7.24. The summed E-state index contributed by atoms with van der Waals surface area (Å²) < 4.78 is 10.4. The maximum absolute atomic E-state index is 11.6. The molecule has 0 saturated heterocycles. The van der Waals surface area contributed by atoms with Crippen LogP contribution >= 0.6 is 11.6 Å². The first-order chi connectivity index (χ1) is 12.0. The van der Waals surface area contributed by atoms with Crippen molar-refractivity contribution >= 4 is 29.6 Å². The predicted octanol–water partition coefficient (Wildman–Crippen LogP) is 1.73. The molecule has 130 valence electrons. The van der Waals surface area contributed by atoms with Crippen molar-refractivity contribution in [3.63, 3.8) is 0 Å². The van der Waals surface area contributed by atoms with Crippen LogP contribution in [0.4, 0.5) is 0 Å². The molecule has 0 aliphatic rings. The Labute approximate surface area is 149 Å². The monoisotopic (exact) mass is 361 g/mol. The van der Waals surface area contributed by atoms with Crippen LogP contribution in [0.15, 0.2) is 53.6 Å². The number of hydrogen-bond donors (Lipinski definition) is 2. The molecule has 0 heterocycles. The van der Waals surface area contributed by atoms with Crippen molar-refractivity contribution in [2.45, 2.75) is 0 Å². The molecule has 0 aliphatic carbocycles. The van der Waals surface area contributed by atoms with Crippen molar-refractivity contribution in [1.29, 1.82) is 0 Å². The summed E-state index contributed by atoms with van der Waals surface area (Å²) in [6, 6.07) is 13.4. The predicted molar refractivity (Wildman–Crippen MR) is 93.8 cm³/mol. The number of hydrogen-bond acceptors (Lipinski definition) is 5. The maximum Gasteiger partial charge on any atom is 0.277 e. The number of hydrazone groups is 1. The number of nitrogens with one attached hydrogen (secondary N) is 1. The van der Waals surface area contributed by atoms with Crippen molar-refractivity contribution < 1.29 is 19.1 Å². The van der Waals surface area contributed by atoms with Crippen LogP contribution in [0.3, 0.4) is 0 Å². The summed E-state index contributed by atoms with van der Waals surface area (Å²) in [4.78, 5) is 22.3. The van der Waals surface area contributed by atoms with Gasteiger partial charge in [-0.25, -0.2) is 5.43 Å². The van der Waals surface area contributed by atoms with E-state index in [9.17, 15) is 9.59 Å². The highest BCUT2D eigenvalue weighted by Gasteiger charge is 2.01. The molecule has 0 aromatic heterocycles. The Morgan fingerprint density at radius 3 is 2.16 bits per heavy atom. The summed E-state index contributed by atoms with van der Waals surface area (Å²) in [7, 11) is 0. The van der Waals surface area contributed by atoms with E-state index in [1.165, 1.54) is 6.21 Å². The SMILES string of the molecule is NC(=O)COc1ccc(/C=N\NC(=O)COc2ccc(Cl)cc2)cc1. The minimum absolute atomic E-state index is 0.168. The molecule has 3 N–H and O–H groups in total. The van der Waals surface area contributed by atoms with Gasteiger partial charge in [-0.1, -0.05) is 11.6 Å². The average molecular weight is 362 g/mol. The zero-order valence-electron chi connectivity index (χ0n) is 13.1. The van der Waals surface area contributed by atoms with Crippen molar-refractivity contribution in [2.75, 3.05) is 13.2 Å². The highest BCUT2D eigenvalue weighted by Crippen LogP contribution is 2.15. The summed E-state index contributed by atoms with van der Waals surface area (Å²) in [5.41, 5.74) is 8.09. The lowest BCUT2D eigenvalue weighted by molar-refractivity contribution is -0.123. The van der Waals surface area contributed by atoms with Crippen LogP contribution in [0.25, 0.3) is 0 Å². The Morgan fingerprint density at radius 2 is 1.56 bits per heavy atom. The van der Waals surface area contributed by atoms with Crippen molar-refractivity contribution in [2.24, 2.45) is 10.8 Å². The minimum Gasteiger partial charge on any atom is -0.484 e. The van der Waals surface area contributed by atoms with Gasteiger partial charge in [0.05, 0.1) is 6.21 Å². The van der Waals surface area contributed by atoms with Gasteiger partial charge in [0.25, 0.3) is 11.8 Å². The Bertz CT molecular complexity index is 745. The third kappa shape index (κ3) is 6.92. The quantitative estimate of drug-likeness (QED) is 0.552. The second kappa shape index (κ2) is 9.29. The maximum atomic E-state index is 11.6. The molecular formula is C17H16ClN3O4. The summed E-state index contributed by atoms with van der Waals surface area (Å²) in [5.74, 6) is 0.105. The van der Waals surface area contributed by atoms with E-state index < -0.39 is 11.8 Å². The zero-order valence-corrected chi connectivity index (χ0v) is 13.9. The fourth-order valence-electron chi connectivity index (χ4n) is 1.70. The molecular weight excluding hydrogens is 346 g/mol. The Morgan fingerprint density at radius 1 is 1.00 bits per heavy atom. The van der Waals surface area contributed by atoms with Crippen LogP contribution in [0.5, 0.6) is 11.5 Å². The number of benzene rings is 2. The van der Waals surface area contributed by atoms with Crippen LogP contribution in [0.2, 0.25) is 5.02 Å². The number of halogens is 1. The molecule has 0 saturated carbocycles. The standard InChI is InChI=1S/C17H16ClN3O4/c18-13-3-7-15(8-4-13)25-11-17(23)21-20-9-12-1-5-14(6-2-12)24-10-16(19)22/h1-9H,10-11H2,(H2,19,22)(H,21,23)/b20-9-. The van der Waals surface area contributed by atoms with E-state index in [1.807, 2.05) is 0 Å². The van der Waals surface area contributed by atoms with Gasteiger partial charge in [0.15, 0.2) is 13.2 Å². The number of primary amides is 1. The van der Waals surface area contributed by atoms with Gasteiger partial charge in [0, 0.05) is 5.02 Å². The van der Waals surface area contributed by atoms with Gasteiger partial charge in [0.1, 0.15) is 11.5 Å². The molecule has 0 bridgehead atoms. The van der Waals surface area contributed by atoms with Gasteiger partial charge >= 0.3 is 0 Å². The number of nitrogens with two attached hydrogens (primary N) is 1. The zero-order chi connectivity index (χ0) is 18.1. The Hall–Kier alpha value is -3.06. The number of carbonyl (C=O) groups excluding carboxylic acids is 2. The Balaban J connectivity index is 1.74. The molecule has 2 aromatic rings. The lowest BCUT2D eigenvalue weighted by atomic mass is 10.2. The fraction of sp³-hybridized carbons (Fsp3) is 0.118. The van der Waals surface area contributed by atoms with Crippen LogP contribution in [-0.4, -0.2) is 31.2 Å². The summed E-state index contributed by atoms with van der Waals surface area (Å²) in [6.07, 6.45) is 1.47. The van der Waals surface area contributed by atoms with Crippen LogP contribution in [0, 0.1) is 0 Å². The first kappa shape index (κ1) is 18.3. The molecule has 2 amide bonds. The average Bonchev–Trinajstić information content (AvgIpc) is 2.60. The molecule has 0 atom stereocenters. The van der Waals surface area contributed by atoms with Crippen LogP contribution in [0.1, 0.15) is 5.56 Å². The summed E-state index contributed by atoms with van der Waals surface area (Å²) in [6.45, 7) is -0.351. The number of carbonyl (C=O) groups is 2. The Kier molecular flexibility index (Phi) is 6.79. The number of ether oxygens (including phenoxy) is 2. The minimum atomic E-state index is -0.547. The summed E-state index contributed by atoms with van der Waals surface area (Å²) in [5, 5.41) is 4.42. The van der Waals surface area contributed by atoms with E-state index in [4.69, 9.17) is 26.8 Å². The van der Waals surface area contributed by atoms with Gasteiger partial charge in [-0.05, 0) is 54.1 Å². The molecule has 7 nitrogen and oxygen atoms in total. The molecule has 0 radical (unpaired) electrons. The van der Waals surface area contributed by atoms with Crippen LogP contribution in [-0.2, 0) is 9.59 Å². The van der Waals surface area contributed by atoms with Gasteiger partial charge in [-0.15, -0.1) is 0 Å². The van der Waals surface area contributed by atoms with E-state index >= 15 is 0 Å². The van der Waals surface area contributed by atoms with Crippen molar-refractivity contribution in [3.05, 3.63) is 59.1 Å². The molecule has 2 rings (SSSR count). The topological polar surface area (TPSA) is 103 Å². The van der Waals surface area contributed by atoms with Gasteiger partial charge in [-0.3, -0.25) is 9.59 Å². The lowest BCUT2D eigenvalue weighted by Crippen LogP contribution is -2.24. The highest BCUT2D eigenvalue weighted by atomic mass is 35.5. The lowest BCUT2D eigenvalue weighted by Gasteiger charge is -2.05. The summed E-state index contributed by atoms with van der Waals surface area (Å²) >= 11 is 5.76. The molecule has 25 heavy (non-hydrogen) atoms. The molecule has 0 unspecified atom stereocenters. The molecule has 0 fully saturated rings. The molecule has 8 heteroatoms. The first-order valence-corrected chi connectivity index (χ1v) is 7.62. The third-order valence-corrected chi connectivity index (χ3v) is 3.10. The van der Waals surface area contributed by atoms with Gasteiger partial charge < -0.3 is 15.2 Å². The smallest absolute Gasteiger partial charge is 0.277 e. The molecule has 0 aliphatic heterocycles. The van der Waals surface area contributed by atoms with Crippen molar-refractivity contribution in [3.8, 4) is 11.5 Å². The van der Waals surface area contributed by atoms with E-state index in [1.54, 1.807) is 48.5 Å². The third-order valence-electron chi connectivity index (χ3n) is 2.85.